The molecule has 2 unspecified atom stereocenters. The second-order valence-corrected chi connectivity index (χ2v) is 4.60. The van der Waals surface area contributed by atoms with E-state index in [1.807, 2.05) is 0 Å². The SMILES string of the molecule is CCCC(C)CC(CNC(=O)CN)CC(=O)O. The van der Waals surface area contributed by atoms with E-state index in [-0.39, 0.29) is 24.8 Å². The van der Waals surface area contributed by atoms with E-state index in [0.29, 0.717) is 12.5 Å². The first-order valence-corrected chi connectivity index (χ1v) is 6.18. The summed E-state index contributed by atoms with van der Waals surface area (Å²) in [6.07, 6.45) is 3.10. The molecule has 5 heteroatoms. The highest BCUT2D eigenvalue weighted by atomic mass is 16.4. The Morgan fingerprint density at radius 2 is 2.06 bits per heavy atom. The van der Waals surface area contributed by atoms with E-state index in [1.54, 1.807) is 0 Å². The molecule has 0 saturated heterocycles. The van der Waals surface area contributed by atoms with E-state index in [1.165, 1.54) is 0 Å². The minimum absolute atomic E-state index is 0.00968. The third kappa shape index (κ3) is 8.68. The Hall–Kier alpha value is -1.10. The summed E-state index contributed by atoms with van der Waals surface area (Å²) in [4.78, 5) is 21.8. The molecule has 2 atom stereocenters. The van der Waals surface area contributed by atoms with E-state index in [9.17, 15) is 9.59 Å². The Morgan fingerprint density at radius 1 is 1.41 bits per heavy atom. The lowest BCUT2D eigenvalue weighted by Crippen LogP contribution is -2.35. The van der Waals surface area contributed by atoms with Crippen molar-refractivity contribution in [3.63, 3.8) is 0 Å². The van der Waals surface area contributed by atoms with Crippen LogP contribution >= 0.6 is 0 Å². The predicted molar refractivity (Wildman–Crippen MR) is 66.5 cm³/mol. The van der Waals surface area contributed by atoms with Crippen LogP contribution in [0.4, 0.5) is 0 Å². The molecule has 17 heavy (non-hydrogen) atoms. The molecule has 1 amide bonds. The molecule has 0 rings (SSSR count). The lowest BCUT2D eigenvalue weighted by molar-refractivity contribution is -0.138. The van der Waals surface area contributed by atoms with Gasteiger partial charge in [0, 0.05) is 13.0 Å². The smallest absolute Gasteiger partial charge is 0.303 e. The summed E-state index contributed by atoms with van der Waals surface area (Å²) >= 11 is 0. The van der Waals surface area contributed by atoms with Crippen LogP contribution in [0.2, 0.25) is 0 Å². The molecule has 0 spiro atoms. The van der Waals surface area contributed by atoms with E-state index in [0.717, 1.165) is 19.3 Å². The fourth-order valence-electron chi connectivity index (χ4n) is 2.00. The zero-order valence-electron chi connectivity index (χ0n) is 10.7. The second kappa shape index (κ2) is 8.98. The van der Waals surface area contributed by atoms with Gasteiger partial charge in [-0.15, -0.1) is 0 Å². The van der Waals surface area contributed by atoms with Crippen LogP contribution in [0.3, 0.4) is 0 Å². The van der Waals surface area contributed by atoms with Gasteiger partial charge in [-0.3, -0.25) is 9.59 Å². The van der Waals surface area contributed by atoms with Gasteiger partial charge in [0.25, 0.3) is 0 Å². The largest absolute Gasteiger partial charge is 0.481 e. The van der Waals surface area contributed by atoms with Gasteiger partial charge in [0.05, 0.1) is 6.54 Å². The standard InChI is InChI=1S/C12H24N2O3/c1-3-4-9(2)5-10(6-12(16)17)8-14-11(15)7-13/h9-10H,3-8,13H2,1-2H3,(H,14,15)(H,16,17). The molecule has 0 aliphatic carbocycles. The predicted octanol–water partition coefficient (Wildman–Crippen LogP) is 0.979. The minimum Gasteiger partial charge on any atom is -0.481 e. The molecule has 0 aromatic rings. The molecule has 0 aliphatic heterocycles. The van der Waals surface area contributed by atoms with Crippen molar-refractivity contribution in [2.24, 2.45) is 17.6 Å². The molecule has 0 bridgehead atoms. The van der Waals surface area contributed by atoms with Crippen LogP contribution in [-0.2, 0) is 9.59 Å². The number of carboxylic acid groups (broad SMARTS) is 1. The van der Waals surface area contributed by atoms with Gasteiger partial charge in [0.2, 0.25) is 5.91 Å². The van der Waals surface area contributed by atoms with E-state index >= 15 is 0 Å². The van der Waals surface area contributed by atoms with Gasteiger partial charge in [-0.2, -0.15) is 0 Å². The topological polar surface area (TPSA) is 92.4 Å². The van der Waals surface area contributed by atoms with Crippen molar-refractivity contribution >= 4 is 11.9 Å². The average molecular weight is 244 g/mol. The number of carbonyl (C=O) groups excluding carboxylic acids is 1. The second-order valence-electron chi connectivity index (χ2n) is 4.60. The van der Waals surface area contributed by atoms with Gasteiger partial charge < -0.3 is 16.2 Å². The summed E-state index contributed by atoms with van der Waals surface area (Å²) in [7, 11) is 0. The van der Waals surface area contributed by atoms with Crippen LogP contribution in [-0.4, -0.2) is 30.1 Å². The van der Waals surface area contributed by atoms with Gasteiger partial charge in [-0.1, -0.05) is 26.7 Å². The Kier molecular flexibility index (Phi) is 8.40. The van der Waals surface area contributed by atoms with E-state index < -0.39 is 5.97 Å². The van der Waals surface area contributed by atoms with Crippen LogP contribution in [0.1, 0.15) is 39.5 Å². The van der Waals surface area contributed by atoms with Crippen molar-refractivity contribution in [3.05, 3.63) is 0 Å². The molecule has 0 heterocycles. The quantitative estimate of drug-likeness (QED) is 0.563. The summed E-state index contributed by atoms with van der Waals surface area (Å²) in [5, 5.41) is 11.5. The number of carboxylic acids is 1. The number of rotatable bonds is 9. The Morgan fingerprint density at radius 3 is 2.53 bits per heavy atom. The molecular formula is C12H24N2O3. The third-order valence-electron chi connectivity index (χ3n) is 2.75. The van der Waals surface area contributed by atoms with Crippen molar-refractivity contribution in [1.29, 1.82) is 0 Å². The van der Waals surface area contributed by atoms with Gasteiger partial charge in [0.1, 0.15) is 0 Å². The number of hydrogen-bond acceptors (Lipinski definition) is 3. The van der Waals surface area contributed by atoms with Gasteiger partial charge in [-0.25, -0.2) is 0 Å². The highest BCUT2D eigenvalue weighted by molar-refractivity contribution is 5.77. The van der Waals surface area contributed by atoms with Crippen LogP contribution in [0.15, 0.2) is 0 Å². The van der Waals surface area contributed by atoms with E-state index in [4.69, 9.17) is 10.8 Å². The summed E-state index contributed by atoms with van der Waals surface area (Å²) in [5.74, 6) is -0.576. The van der Waals surface area contributed by atoms with Gasteiger partial charge >= 0.3 is 5.97 Å². The number of aliphatic carboxylic acids is 1. The normalized spacial score (nSPS) is 14.1. The average Bonchev–Trinajstić information content (AvgIpc) is 2.24. The first kappa shape index (κ1) is 15.9. The van der Waals surface area contributed by atoms with Crippen LogP contribution in [0.25, 0.3) is 0 Å². The number of nitrogens with one attached hydrogen (secondary N) is 1. The molecule has 0 radical (unpaired) electrons. The zero-order valence-corrected chi connectivity index (χ0v) is 10.7. The maximum atomic E-state index is 11.0. The number of carbonyl (C=O) groups is 2. The molecule has 0 aromatic heterocycles. The van der Waals surface area contributed by atoms with Crippen LogP contribution in [0.5, 0.6) is 0 Å². The lowest BCUT2D eigenvalue weighted by atomic mass is 9.90. The third-order valence-corrected chi connectivity index (χ3v) is 2.75. The summed E-state index contributed by atoms with van der Waals surface area (Å²) in [5.41, 5.74) is 5.18. The summed E-state index contributed by atoms with van der Waals surface area (Å²) in [6, 6.07) is 0. The Balaban J connectivity index is 4.13. The van der Waals surface area contributed by atoms with Crippen molar-refractivity contribution in [3.8, 4) is 0 Å². The zero-order chi connectivity index (χ0) is 13.3. The summed E-state index contributed by atoms with van der Waals surface area (Å²) in [6.45, 7) is 4.57. The lowest BCUT2D eigenvalue weighted by Gasteiger charge is -2.19. The van der Waals surface area contributed by atoms with Gasteiger partial charge in [0.15, 0.2) is 0 Å². The fraction of sp³-hybridized carbons (Fsp3) is 0.833. The van der Waals surface area contributed by atoms with Crippen molar-refractivity contribution in [1.82, 2.24) is 5.32 Å². The molecule has 0 fully saturated rings. The molecule has 0 aliphatic rings. The molecule has 0 aromatic carbocycles. The highest BCUT2D eigenvalue weighted by Crippen LogP contribution is 2.19. The highest BCUT2D eigenvalue weighted by Gasteiger charge is 2.17. The number of nitrogens with two attached hydrogens (primary N) is 1. The number of amides is 1. The molecule has 5 nitrogen and oxygen atoms in total. The van der Waals surface area contributed by atoms with Crippen LogP contribution in [0, 0.1) is 11.8 Å². The fourth-order valence-corrected chi connectivity index (χ4v) is 2.00. The van der Waals surface area contributed by atoms with Crippen molar-refractivity contribution in [2.75, 3.05) is 13.1 Å². The van der Waals surface area contributed by atoms with E-state index in [2.05, 4.69) is 19.2 Å². The first-order valence-electron chi connectivity index (χ1n) is 6.18. The van der Waals surface area contributed by atoms with Crippen LogP contribution < -0.4 is 11.1 Å². The molecule has 0 saturated carbocycles. The number of hydrogen-bond donors (Lipinski definition) is 3. The first-order chi connectivity index (χ1) is 7.99. The maximum absolute atomic E-state index is 11.0. The molecular weight excluding hydrogens is 220 g/mol. The molecule has 4 N–H and O–H groups in total. The van der Waals surface area contributed by atoms with Gasteiger partial charge in [-0.05, 0) is 18.3 Å². The monoisotopic (exact) mass is 244 g/mol. The van der Waals surface area contributed by atoms with Crippen molar-refractivity contribution in [2.45, 2.75) is 39.5 Å². The Bertz CT molecular complexity index is 244. The molecule has 100 valence electrons. The Labute approximate surface area is 103 Å². The maximum Gasteiger partial charge on any atom is 0.303 e. The minimum atomic E-state index is -0.819. The summed E-state index contributed by atoms with van der Waals surface area (Å²) < 4.78 is 0. The van der Waals surface area contributed by atoms with Crippen molar-refractivity contribution < 1.29 is 14.7 Å².